The van der Waals surface area contributed by atoms with Gasteiger partial charge in [0.05, 0.1) is 17.8 Å². The maximum absolute atomic E-state index is 12.4. The van der Waals surface area contributed by atoms with Crippen LogP contribution in [-0.4, -0.2) is 20.4 Å². The number of aromatic nitrogens is 3. The van der Waals surface area contributed by atoms with E-state index in [0.29, 0.717) is 5.13 Å². The highest BCUT2D eigenvalue weighted by Gasteiger charge is 2.15. The van der Waals surface area contributed by atoms with E-state index in [9.17, 15) is 4.79 Å². The molecule has 0 radical (unpaired) electrons. The molecule has 0 fully saturated rings. The van der Waals surface area contributed by atoms with E-state index in [4.69, 9.17) is 0 Å². The van der Waals surface area contributed by atoms with Gasteiger partial charge in [-0.1, -0.05) is 6.08 Å². The lowest BCUT2D eigenvalue weighted by atomic mass is 10.2. The highest BCUT2D eigenvalue weighted by molar-refractivity contribution is 7.14. The largest absolute Gasteiger partial charge is 0.345 e. The fraction of sp³-hybridized carbons (Fsp3) is 0.190. The molecular weight excluding hydrogens is 420 g/mol. The van der Waals surface area contributed by atoms with Crippen molar-refractivity contribution in [3.63, 3.8) is 0 Å². The summed E-state index contributed by atoms with van der Waals surface area (Å²) in [6, 6.07) is 4.16. The predicted octanol–water partition coefficient (Wildman–Crippen LogP) is 5.78. The van der Waals surface area contributed by atoms with Crippen LogP contribution in [0.2, 0.25) is 0 Å². The van der Waals surface area contributed by atoms with Gasteiger partial charge in [-0.2, -0.15) is 11.3 Å². The second-order valence-corrected chi connectivity index (χ2v) is 9.10. The average molecular weight is 441 g/mol. The molecule has 0 saturated carbocycles. The smallest absolute Gasteiger partial charge is 0.232 e. The van der Waals surface area contributed by atoms with Crippen LogP contribution in [0.15, 0.2) is 46.3 Å². The van der Waals surface area contributed by atoms with Crippen LogP contribution in [0.25, 0.3) is 21.8 Å². The number of rotatable bonds is 7. The van der Waals surface area contributed by atoms with Crippen molar-refractivity contribution >= 4 is 45.0 Å². The molecule has 0 spiro atoms. The zero-order valence-electron chi connectivity index (χ0n) is 16.1. The number of anilines is 1. The lowest BCUT2D eigenvalue weighted by Crippen LogP contribution is -2.14. The van der Waals surface area contributed by atoms with Gasteiger partial charge in [0.15, 0.2) is 5.13 Å². The first-order valence-electron chi connectivity index (χ1n) is 9.05. The van der Waals surface area contributed by atoms with Crippen molar-refractivity contribution in [1.82, 2.24) is 14.5 Å². The molecule has 5 nitrogen and oxygen atoms in total. The van der Waals surface area contributed by atoms with Crippen molar-refractivity contribution in [2.75, 3.05) is 5.32 Å². The molecule has 148 valence electrons. The summed E-state index contributed by atoms with van der Waals surface area (Å²) >= 11 is 4.63. The van der Waals surface area contributed by atoms with Crippen molar-refractivity contribution < 1.29 is 4.79 Å². The lowest BCUT2D eigenvalue weighted by molar-refractivity contribution is -0.115. The van der Waals surface area contributed by atoms with Crippen LogP contribution in [0, 0.1) is 13.8 Å². The molecule has 4 aromatic heterocycles. The second-order valence-electron chi connectivity index (χ2n) is 6.60. The standard InChI is InChI=1S/C21H20N4OS3/c1-4-6-25-13(2)8-17(14(25)3)18-12-29-21(23-18)24-19(26)9-16-11-28-20(22-16)15-5-7-27-10-15/h4-5,7-8,10-12H,1,6,9H2,2-3H3,(H,23,24,26). The van der Waals surface area contributed by atoms with Crippen LogP contribution in [0.5, 0.6) is 0 Å². The maximum atomic E-state index is 12.4. The predicted molar refractivity (Wildman–Crippen MR) is 123 cm³/mol. The molecule has 1 N–H and O–H groups in total. The van der Waals surface area contributed by atoms with E-state index < -0.39 is 0 Å². The summed E-state index contributed by atoms with van der Waals surface area (Å²) in [6.07, 6.45) is 2.13. The zero-order valence-corrected chi connectivity index (χ0v) is 18.6. The molecule has 0 aliphatic carbocycles. The summed E-state index contributed by atoms with van der Waals surface area (Å²) in [5, 5.41) is 12.5. The number of aryl methyl sites for hydroxylation is 1. The topological polar surface area (TPSA) is 59.8 Å². The number of hydrogen-bond donors (Lipinski definition) is 1. The molecule has 4 rings (SSSR count). The Balaban J connectivity index is 1.43. The second kappa shape index (κ2) is 8.44. The van der Waals surface area contributed by atoms with Crippen LogP contribution in [0.3, 0.4) is 0 Å². The average Bonchev–Trinajstić information content (AvgIpc) is 3.46. The minimum absolute atomic E-state index is 0.106. The number of hydrogen-bond acceptors (Lipinski definition) is 6. The number of nitrogens with zero attached hydrogens (tertiary/aromatic N) is 3. The molecule has 0 aliphatic rings. The van der Waals surface area contributed by atoms with Gasteiger partial charge in [0, 0.05) is 45.2 Å². The fourth-order valence-corrected chi connectivity index (χ4v) is 5.42. The number of thiophene rings is 1. The SMILES string of the molecule is C=CCn1c(C)cc(-c2csc(NC(=O)Cc3csc(-c4ccsc4)n3)n2)c1C. The molecule has 0 aliphatic heterocycles. The first-order valence-corrected chi connectivity index (χ1v) is 11.8. The Kier molecular flexibility index (Phi) is 5.75. The Morgan fingerprint density at radius 3 is 2.86 bits per heavy atom. The van der Waals surface area contributed by atoms with Crippen LogP contribution in [0.4, 0.5) is 5.13 Å². The Bertz CT molecular complexity index is 1150. The minimum Gasteiger partial charge on any atom is -0.345 e. The third-order valence-electron chi connectivity index (χ3n) is 4.57. The van der Waals surface area contributed by atoms with E-state index in [2.05, 4.69) is 51.7 Å². The molecule has 0 unspecified atom stereocenters. The third-order valence-corrected chi connectivity index (χ3v) is 6.95. The highest BCUT2D eigenvalue weighted by atomic mass is 32.1. The molecule has 4 aromatic rings. The third kappa shape index (κ3) is 4.24. The van der Waals surface area contributed by atoms with Crippen molar-refractivity contribution in [2.24, 2.45) is 0 Å². The molecule has 0 atom stereocenters. The van der Waals surface area contributed by atoms with E-state index in [1.165, 1.54) is 17.0 Å². The highest BCUT2D eigenvalue weighted by Crippen LogP contribution is 2.30. The first-order chi connectivity index (χ1) is 14.0. The maximum Gasteiger partial charge on any atom is 0.232 e. The molecular formula is C21H20N4OS3. The Labute approximate surface area is 181 Å². The molecule has 1 amide bonds. The Morgan fingerprint density at radius 2 is 2.10 bits per heavy atom. The van der Waals surface area contributed by atoms with Gasteiger partial charge in [0.1, 0.15) is 5.01 Å². The number of carbonyl (C=O) groups excluding carboxylic acids is 1. The molecule has 0 saturated heterocycles. The summed E-state index contributed by atoms with van der Waals surface area (Å²) in [5.74, 6) is -0.106. The summed E-state index contributed by atoms with van der Waals surface area (Å²) in [5.41, 5.74) is 6.15. The van der Waals surface area contributed by atoms with Gasteiger partial charge in [-0.25, -0.2) is 9.97 Å². The van der Waals surface area contributed by atoms with Crippen molar-refractivity contribution in [3.05, 3.63) is 63.4 Å². The van der Waals surface area contributed by atoms with Gasteiger partial charge in [-0.05, 0) is 31.4 Å². The van der Waals surface area contributed by atoms with Gasteiger partial charge in [0.2, 0.25) is 5.91 Å². The lowest BCUT2D eigenvalue weighted by Gasteiger charge is -2.05. The van der Waals surface area contributed by atoms with Crippen LogP contribution >= 0.6 is 34.0 Å². The van der Waals surface area contributed by atoms with Gasteiger partial charge < -0.3 is 9.88 Å². The van der Waals surface area contributed by atoms with Gasteiger partial charge in [-0.15, -0.1) is 29.3 Å². The number of carbonyl (C=O) groups is 1. The van der Waals surface area contributed by atoms with Crippen LogP contribution < -0.4 is 5.32 Å². The summed E-state index contributed by atoms with van der Waals surface area (Å²) < 4.78 is 2.20. The van der Waals surface area contributed by atoms with E-state index in [0.717, 1.165) is 39.8 Å². The Morgan fingerprint density at radius 1 is 1.24 bits per heavy atom. The van der Waals surface area contributed by atoms with Crippen molar-refractivity contribution in [1.29, 1.82) is 0 Å². The van der Waals surface area contributed by atoms with Gasteiger partial charge in [-0.3, -0.25) is 4.79 Å². The van der Waals surface area contributed by atoms with Crippen molar-refractivity contribution in [3.8, 4) is 21.8 Å². The monoisotopic (exact) mass is 440 g/mol. The number of allylic oxidation sites excluding steroid dienone is 1. The molecule has 8 heteroatoms. The molecule has 4 heterocycles. The molecule has 29 heavy (non-hydrogen) atoms. The van der Waals surface area contributed by atoms with E-state index >= 15 is 0 Å². The minimum atomic E-state index is -0.106. The number of nitrogens with one attached hydrogen (secondary N) is 1. The van der Waals surface area contributed by atoms with E-state index in [1.54, 1.807) is 22.7 Å². The Hall–Kier alpha value is -2.55. The zero-order chi connectivity index (χ0) is 20.4. The van der Waals surface area contributed by atoms with Crippen molar-refractivity contribution in [2.45, 2.75) is 26.8 Å². The molecule has 0 aromatic carbocycles. The number of amides is 1. The quantitative estimate of drug-likeness (QED) is 0.371. The summed E-state index contributed by atoms with van der Waals surface area (Å²) in [7, 11) is 0. The van der Waals surface area contributed by atoms with Crippen LogP contribution in [0.1, 0.15) is 17.1 Å². The fourth-order valence-electron chi connectivity index (χ4n) is 3.16. The summed E-state index contributed by atoms with van der Waals surface area (Å²) in [4.78, 5) is 21.6. The van der Waals surface area contributed by atoms with E-state index in [1.807, 2.05) is 28.3 Å². The molecule has 0 bridgehead atoms. The van der Waals surface area contributed by atoms with Gasteiger partial charge >= 0.3 is 0 Å². The van der Waals surface area contributed by atoms with Gasteiger partial charge in [0.25, 0.3) is 0 Å². The normalized spacial score (nSPS) is 11.0. The summed E-state index contributed by atoms with van der Waals surface area (Å²) in [6.45, 7) is 8.75. The van der Waals surface area contributed by atoms with Crippen LogP contribution in [-0.2, 0) is 17.8 Å². The number of thiazole rings is 2. The first kappa shape index (κ1) is 19.8. The van der Waals surface area contributed by atoms with E-state index in [-0.39, 0.29) is 12.3 Å².